The molecule has 1 atom stereocenters. The first-order valence-electron chi connectivity index (χ1n) is 5.05. The van der Waals surface area contributed by atoms with Crippen molar-refractivity contribution < 1.29 is 4.84 Å². The number of hydrogen-bond acceptors (Lipinski definition) is 3. The Morgan fingerprint density at radius 2 is 2.31 bits per heavy atom. The Labute approximate surface area is 79.7 Å². The molecule has 0 amide bonds. The maximum absolute atomic E-state index is 5.59. The highest BCUT2D eigenvalue weighted by atomic mass is 16.7. The summed E-state index contributed by atoms with van der Waals surface area (Å²) in [6.45, 7) is 6.54. The molecular weight excluding hydrogens is 164 g/mol. The molecule has 0 radical (unpaired) electrons. The molecule has 2 heterocycles. The zero-order chi connectivity index (χ0) is 9.47. The summed E-state index contributed by atoms with van der Waals surface area (Å²) in [5.74, 6) is 0.533. The lowest BCUT2D eigenvalue weighted by Crippen LogP contribution is -2.32. The van der Waals surface area contributed by atoms with Crippen LogP contribution in [0, 0.1) is 5.92 Å². The summed E-state index contributed by atoms with van der Waals surface area (Å²) in [5.41, 5.74) is 1.27. The van der Waals surface area contributed by atoms with Gasteiger partial charge >= 0.3 is 0 Å². The van der Waals surface area contributed by atoms with E-state index in [1.165, 1.54) is 5.71 Å². The van der Waals surface area contributed by atoms with E-state index in [0.717, 1.165) is 25.9 Å². The Kier molecular flexibility index (Phi) is 2.06. The first-order valence-corrected chi connectivity index (χ1v) is 5.05. The van der Waals surface area contributed by atoms with E-state index in [4.69, 9.17) is 4.84 Å². The molecule has 1 fully saturated rings. The van der Waals surface area contributed by atoms with Gasteiger partial charge in [-0.2, -0.15) is 0 Å². The number of oxime groups is 1. The molecule has 1 unspecified atom stereocenters. The molecule has 0 saturated carbocycles. The van der Waals surface area contributed by atoms with Gasteiger partial charge in [-0.25, -0.2) is 0 Å². The quantitative estimate of drug-likeness (QED) is 0.614. The van der Waals surface area contributed by atoms with Gasteiger partial charge in [0.15, 0.2) is 5.60 Å². The van der Waals surface area contributed by atoms with Gasteiger partial charge in [0.2, 0.25) is 0 Å². The van der Waals surface area contributed by atoms with Crippen LogP contribution in [0.25, 0.3) is 0 Å². The van der Waals surface area contributed by atoms with E-state index >= 15 is 0 Å². The fourth-order valence-corrected chi connectivity index (χ4v) is 2.12. The summed E-state index contributed by atoms with van der Waals surface area (Å²) in [4.78, 5) is 7.91. The average Bonchev–Trinajstić information content (AvgIpc) is 2.61. The van der Waals surface area contributed by atoms with Crippen LogP contribution in [-0.2, 0) is 4.84 Å². The molecule has 0 aromatic carbocycles. The van der Waals surface area contributed by atoms with Crippen LogP contribution in [0.5, 0.6) is 0 Å². The highest BCUT2D eigenvalue weighted by molar-refractivity contribution is 5.87. The van der Waals surface area contributed by atoms with E-state index < -0.39 is 0 Å². The molecule has 0 aliphatic carbocycles. The molecule has 2 rings (SSSR count). The maximum Gasteiger partial charge on any atom is 0.156 e. The van der Waals surface area contributed by atoms with Gasteiger partial charge in [0.25, 0.3) is 0 Å². The number of nitrogens with zero attached hydrogens (tertiary/aromatic N) is 2. The molecule has 0 aromatic heterocycles. The van der Waals surface area contributed by atoms with Crippen LogP contribution in [0.4, 0.5) is 0 Å². The Morgan fingerprint density at radius 3 is 2.77 bits per heavy atom. The van der Waals surface area contributed by atoms with Gasteiger partial charge in [-0.05, 0) is 13.0 Å². The normalized spacial score (nSPS) is 34.3. The van der Waals surface area contributed by atoms with Crippen LogP contribution in [0.15, 0.2) is 5.16 Å². The lowest BCUT2D eigenvalue weighted by atomic mass is 9.92. The Bertz CT molecular complexity index is 237. The first-order chi connectivity index (χ1) is 6.11. The van der Waals surface area contributed by atoms with E-state index in [1.807, 2.05) is 0 Å². The second kappa shape index (κ2) is 2.98. The van der Waals surface area contributed by atoms with Gasteiger partial charge < -0.3 is 9.74 Å². The number of likely N-dealkylation sites (tertiary alicyclic amines) is 1. The minimum atomic E-state index is 0.0361. The fourth-order valence-electron chi connectivity index (χ4n) is 2.12. The SMILES string of the molecule is CC(C)C1=NOC2(CCN(C)C2)C1. The third kappa shape index (κ3) is 1.57. The maximum atomic E-state index is 5.59. The van der Waals surface area contributed by atoms with Crippen LogP contribution in [-0.4, -0.2) is 36.3 Å². The largest absolute Gasteiger partial charge is 0.387 e. The number of rotatable bonds is 1. The highest BCUT2D eigenvalue weighted by Gasteiger charge is 2.44. The molecule has 74 valence electrons. The minimum Gasteiger partial charge on any atom is -0.387 e. The number of hydrogen-bond donors (Lipinski definition) is 0. The third-order valence-corrected chi connectivity index (χ3v) is 3.03. The van der Waals surface area contributed by atoms with Crippen molar-refractivity contribution in [3.63, 3.8) is 0 Å². The molecule has 0 bridgehead atoms. The molecule has 2 aliphatic heterocycles. The van der Waals surface area contributed by atoms with Crippen molar-refractivity contribution in [2.45, 2.75) is 32.3 Å². The molecular formula is C10H18N2O. The van der Waals surface area contributed by atoms with Gasteiger partial charge in [-0.1, -0.05) is 19.0 Å². The monoisotopic (exact) mass is 182 g/mol. The summed E-state index contributed by atoms with van der Waals surface area (Å²) in [6.07, 6.45) is 2.16. The fraction of sp³-hybridized carbons (Fsp3) is 0.900. The first kappa shape index (κ1) is 9.00. The molecule has 2 aliphatic rings. The summed E-state index contributed by atoms with van der Waals surface area (Å²) < 4.78 is 0. The Morgan fingerprint density at radius 1 is 1.54 bits per heavy atom. The van der Waals surface area contributed by atoms with Crippen LogP contribution in [0.1, 0.15) is 26.7 Å². The van der Waals surface area contributed by atoms with Crippen LogP contribution in [0.3, 0.4) is 0 Å². The predicted molar refractivity (Wildman–Crippen MR) is 52.8 cm³/mol. The van der Waals surface area contributed by atoms with Gasteiger partial charge in [0.1, 0.15) is 0 Å². The van der Waals surface area contributed by atoms with Crippen molar-refractivity contribution in [2.75, 3.05) is 20.1 Å². The lowest BCUT2D eigenvalue weighted by molar-refractivity contribution is -0.00838. The minimum absolute atomic E-state index is 0.0361. The van der Waals surface area contributed by atoms with Crippen molar-refractivity contribution >= 4 is 5.71 Å². The van der Waals surface area contributed by atoms with Crippen molar-refractivity contribution in [1.82, 2.24) is 4.90 Å². The Hall–Kier alpha value is -0.570. The number of likely N-dealkylation sites (N-methyl/N-ethyl adjacent to an activating group) is 1. The summed E-state index contributed by atoms with van der Waals surface area (Å²) in [7, 11) is 2.14. The van der Waals surface area contributed by atoms with E-state index in [-0.39, 0.29) is 5.60 Å². The highest BCUT2D eigenvalue weighted by Crippen LogP contribution is 2.34. The van der Waals surface area contributed by atoms with Crippen molar-refractivity contribution in [2.24, 2.45) is 11.1 Å². The molecule has 1 spiro atoms. The second-order valence-corrected chi connectivity index (χ2v) is 4.68. The molecule has 0 N–H and O–H groups in total. The molecule has 1 saturated heterocycles. The van der Waals surface area contributed by atoms with Crippen LogP contribution >= 0.6 is 0 Å². The Balaban J connectivity index is 2.01. The van der Waals surface area contributed by atoms with Crippen LogP contribution in [0.2, 0.25) is 0 Å². The van der Waals surface area contributed by atoms with E-state index in [0.29, 0.717) is 5.92 Å². The van der Waals surface area contributed by atoms with E-state index in [1.54, 1.807) is 0 Å². The molecule has 0 aromatic rings. The van der Waals surface area contributed by atoms with Gasteiger partial charge in [-0.3, -0.25) is 0 Å². The second-order valence-electron chi connectivity index (χ2n) is 4.68. The molecule has 3 nitrogen and oxygen atoms in total. The summed E-state index contributed by atoms with van der Waals surface area (Å²) in [6, 6.07) is 0. The smallest absolute Gasteiger partial charge is 0.156 e. The third-order valence-electron chi connectivity index (χ3n) is 3.03. The van der Waals surface area contributed by atoms with Gasteiger partial charge in [0, 0.05) is 25.9 Å². The van der Waals surface area contributed by atoms with Gasteiger partial charge in [-0.15, -0.1) is 0 Å². The van der Waals surface area contributed by atoms with Crippen molar-refractivity contribution in [1.29, 1.82) is 0 Å². The molecule has 13 heavy (non-hydrogen) atoms. The lowest BCUT2D eigenvalue weighted by Gasteiger charge is -2.20. The summed E-state index contributed by atoms with van der Waals surface area (Å²) in [5, 5.41) is 4.19. The predicted octanol–water partition coefficient (Wildman–Crippen LogP) is 1.49. The van der Waals surface area contributed by atoms with Crippen LogP contribution < -0.4 is 0 Å². The van der Waals surface area contributed by atoms with E-state index in [2.05, 4.69) is 31.0 Å². The molecule has 3 heteroatoms. The average molecular weight is 182 g/mol. The van der Waals surface area contributed by atoms with Crippen molar-refractivity contribution in [3.8, 4) is 0 Å². The zero-order valence-electron chi connectivity index (χ0n) is 8.71. The zero-order valence-corrected chi connectivity index (χ0v) is 8.71. The topological polar surface area (TPSA) is 24.8 Å². The van der Waals surface area contributed by atoms with Crippen molar-refractivity contribution in [3.05, 3.63) is 0 Å². The summed E-state index contributed by atoms with van der Waals surface area (Å²) >= 11 is 0. The van der Waals surface area contributed by atoms with Gasteiger partial charge in [0.05, 0.1) is 5.71 Å². The van der Waals surface area contributed by atoms with E-state index in [9.17, 15) is 0 Å². The standard InChI is InChI=1S/C10H18N2O/c1-8(2)9-6-10(13-11-9)4-5-12(3)7-10/h8H,4-7H2,1-3H3.